The maximum atomic E-state index is 15.3. The number of halogens is 1. The molecule has 1 aromatic rings. The zero-order valence-corrected chi connectivity index (χ0v) is 27.7. The van der Waals surface area contributed by atoms with Gasteiger partial charge in [0, 0.05) is 37.3 Å². The summed E-state index contributed by atoms with van der Waals surface area (Å²) in [7, 11) is 0. The Balaban J connectivity index is 1.74. The number of hydrogen-bond acceptors (Lipinski definition) is 14. The first-order valence-electron chi connectivity index (χ1n) is 15.4. The third-order valence-corrected chi connectivity index (χ3v) is 11.0. The van der Waals surface area contributed by atoms with E-state index in [1.165, 1.54) is 26.0 Å². The van der Waals surface area contributed by atoms with Gasteiger partial charge in [-0.1, -0.05) is 32.0 Å². The van der Waals surface area contributed by atoms with Crippen LogP contribution in [0.2, 0.25) is 0 Å². The fourth-order valence-electron chi connectivity index (χ4n) is 8.91. The molecule has 5 aliphatic rings. The van der Waals surface area contributed by atoms with Crippen molar-refractivity contribution in [3.05, 3.63) is 47.0 Å². The van der Waals surface area contributed by atoms with Gasteiger partial charge in [-0.3, -0.25) is 14.4 Å². The molecule has 2 heterocycles. The zero-order valence-electron chi connectivity index (χ0n) is 27.0. The number of ether oxygens (including phenoxy) is 7. The molecule has 2 saturated carbocycles. The Morgan fingerprint density at radius 1 is 0.979 bits per heavy atom. The standard InChI is InChI=1S/C33H35ClO14/c1-14-20-22(43-15(2)35)24(38)31(6)18(44-28(34)40)12-19-32(13-42-19,47-16(3)36)23(31)26(45-27(39)17-10-8-7-9-11-17)33(30(20,4)5)25(21(14)37)46-29(41)48-33/h7-11,18-19,21-23,25-26,37H,12-13H2,1-6H3/t18-,19+,21+,22+,23-,25-,26-,31+,32-,33+/m0/s1. The van der Waals surface area contributed by atoms with E-state index in [2.05, 4.69) is 0 Å². The third-order valence-electron chi connectivity index (χ3n) is 10.9. The van der Waals surface area contributed by atoms with Gasteiger partial charge >= 0.3 is 29.5 Å². The Bertz CT molecular complexity index is 1640. The van der Waals surface area contributed by atoms with Crippen molar-refractivity contribution in [2.75, 3.05) is 6.61 Å². The van der Waals surface area contributed by atoms with Gasteiger partial charge in [-0.25, -0.2) is 14.4 Å². The van der Waals surface area contributed by atoms with Crippen molar-refractivity contribution in [2.24, 2.45) is 16.7 Å². The van der Waals surface area contributed by atoms with E-state index in [0.717, 1.165) is 13.8 Å². The molecule has 1 N–H and O–H groups in total. The molecule has 258 valence electrons. The second kappa shape index (κ2) is 11.3. The number of aliphatic hydroxyl groups is 1. The number of carbonyl (C=O) groups excluding carboxylic acids is 6. The van der Waals surface area contributed by atoms with Gasteiger partial charge in [-0.2, -0.15) is 0 Å². The van der Waals surface area contributed by atoms with Crippen LogP contribution in [-0.4, -0.2) is 94.8 Å². The topological polar surface area (TPSA) is 187 Å². The van der Waals surface area contributed by atoms with Crippen molar-refractivity contribution in [1.82, 2.24) is 0 Å². The summed E-state index contributed by atoms with van der Waals surface area (Å²) in [5.41, 5.74) is -8.62. The van der Waals surface area contributed by atoms with E-state index in [1.54, 1.807) is 32.0 Å². The molecule has 2 bridgehead atoms. The molecule has 6 rings (SSSR count). The highest BCUT2D eigenvalue weighted by molar-refractivity contribution is 6.61. The highest BCUT2D eigenvalue weighted by Gasteiger charge is 2.83. The summed E-state index contributed by atoms with van der Waals surface area (Å²) in [4.78, 5) is 80.5. The lowest BCUT2D eigenvalue weighted by molar-refractivity contribution is -0.344. The molecular formula is C33H35ClO14. The number of carbonyl (C=O) groups is 6. The predicted octanol–water partition coefficient (Wildman–Crippen LogP) is 3.19. The number of fused-ring (bicyclic) bond motifs is 4. The van der Waals surface area contributed by atoms with E-state index in [0.29, 0.717) is 0 Å². The fraction of sp³-hybridized carbons (Fsp3) is 0.576. The third kappa shape index (κ3) is 4.52. The highest BCUT2D eigenvalue weighted by Crippen LogP contribution is 2.67. The highest BCUT2D eigenvalue weighted by atomic mass is 35.5. The number of rotatable bonds is 5. The molecule has 0 amide bonds. The van der Waals surface area contributed by atoms with Gasteiger partial charge in [0.1, 0.15) is 18.3 Å². The van der Waals surface area contributed by atoms with Crippen molar-refractivity contribution in [3.63, 3.8) is 0 Å². The second-order valence-corrected chi connectivity index (χ2v) is 13.9. The summed E-state index contributed by atoms with van der Waals surface area (Å²) in [6, 6.07) is 7.82. The minimum absolute atomic E-state index is 0.0506. The Hall–Kier alpha value is -4.01. The number of aliphatic hydroxyl groups excluding tert-OH is 1. The molecule has 2 aliphatic heterocycles. The molecule has 2 saturated heterocycles. The van der Waals surface area contributed by atoms with Crippen LogP contribution in [-0.2, 0) is 47.5 Å². The molecule has 3 aliphatic carbocycles. The summed E-state index contributed by atoms with van der Waals surface area (Å²) in [5.74, 6) is -4.97. The predicted molar refractivity (Wildman–Crippen MR) is 159 cm³/mol. The number of hydrogen-bond donors (Lipinski definition) is 1. The van der Waals surface area contributed by atoms with E-state index in [1.807, 2.05) is 0 Å². The van der Waals surface area contributed by atoms with Crippen LogP contribution < -0.4 is 0 Å². The monoisotopic (exact) mass is 690 g/mol. The second-order valence-electron chi connectivity index (χ2n) is 13.6. The van der Waals surface area contributed by atoms with Crippen LogP contribution >= 0.6 is 11.6 Å². The van der Waals surface area contributed by atoms with Crippen LogP contribution in [0.1, 0.15) is 58.3 Å². The molecule has 10 atom stereocenters. The molecule has 48 heavy (non-hydrogen) atoms. The van der Waals surface area contributed by atoms with Gasteiger partial charge in [-0.05, 0) is 37.1 Å². The Labute approximate surface area is 279 Å². The SMILES string of the molecule is CC(=O)O[C@H]1C(=O)[C@]2(C)[C@@H](OC(=O)Cl)C[C@H]3OC[C@@]3(OC(C)=O)[C@H]2[C@H](OC(=O)c2ccccc2)[C@]23OC(=O)O[C@H]2[C@H](O)C(C)=C1C3(C)C. The van der Waals surface area contributed by atoms with Crippen LogP contribution in [0.25, 0.3) is 0 Å². The lowest BCUT2D eigenvalue weighted by Crippen LogP contribution is -2.83. The summed E-state index contributed by atoms with van der Waals surface area (Å²) >= 11 is 5.76. The zero-order chi connectivity index (χ0) is 35.1. The van der Waals surface area contributed by atoms with Crippen molar-refractivity contribution >= 4 is 46.9 Å². The number of ketones is 1. The molecule has 0 radical (unpaired) electrons. The molecule has 0 unspecified atom stereocenters. The Morgan fingerprint density at radius 2 is 1.65 bits per heavy atom. The molecule has 1 spiro atoms. The van der Waals surface area contributed by atoms with Crippen LogP contribution in [0.3, 0.4) is 0 Å². The normalized spacial score (nSPS) is 39.0. The quantitative estimate of drug-likeness (QED) is 0.205. The smallest absolute Gasteiger partial charge is 0.454 e. The van der Waals surface area contributed by atoms with E-state index in [9.17, 15) is 29.1 Å². The van der Waals surface area contributed by atoms with E-state index in [4.69, 9.17) is 44.8 Å². The Kier molecular flexibility index (Phi) is 7.96. The molecular weight excluding hydrogens is 656 g/mol. The van der Waals surface area contributed by atoms with E-state index >= 15 is 4.79 Å². The average molecular weight is 691 g/mol. The van der Waals surface area contributed by atoms with Gasteiger partial charge in [-0.15, -0.1) is 0 Å². The molecule has 4 fully saturated rings. The minimum Gasteiger partial charge on any atom is -0.454 e. The molecule has 1 aromatic carbocycles. The molecule has 14 nitrogen and oxygen atoms in total. The lowest BCUT2D eigenvalue weighted by Gasteiger charge is -2.67. The van der Waals surface area contributed by atoms with Crippen molar-refractivity contribution in [2.45, 2.75) is 95.8 Å². The van der Waals surface area contributed by atoms with Gasteiger partial charge in [0.15, 0.2) is 29.7 Å². The number of esters is 3. The van der Waals surface area contributed by atoms with Crippen molar-refractivity contribution in [1.29, 1.82) is 0 Å². The summed E-state index contributed by atoms with van der Waals surface area (Å²) in [5, 5.41) is 11.8. The van der Waals surface area contributed by atoms with Gasteiger partial charge < -0.3 is 38.3 Å². The van der Waals surface area contributed by atoms with Crippen molar-refractivity contribution < 1.29 is 67.0 Å². The van der Waals surface area contributed by atoms with Crippen LogP contribution in [0, 0.1) is 16.7 Å². The Morgan fingerprint density at radius 3 is 2.21 bits per heavy atom. The number of Topliss-reactive ketones (excluding diaryl/α,β-unsaturated/α-hetero) is 1. The maximum Gasteiger partial charge on any atom is 0.509 e. The summed E-state index contributed by atoms with van der Waals surface area (Å²) in [6.07, 6.45) is -10.7. The summed E-state index contributed by atoms with van der Waals surface area (Å²) < 4.78 is 41.3. The first kappa shape index (κ1) is 33.9. The van der Waals surface area contributed by atoms with Gasteiger partial charge in [0.25, 0.3) is 0 Å². The van der Waals surface area contributed by atoms with Crippen LogP contribution in [0.15, 0.2) is 41.5 Å². The van der Waals surface area contributed by atoms with Crippen LogP contribution in [0.4, 0.5) is 9.59 Å². The minimum atomic E-state index is -2.17. The van der Waals surface area contributed by atoms with Crippen molar-refractivity contribution in [3.8, 4) is 0 Å². The number of benzene rings is 1. The molecule has 0 aromatic heterocycles. The first-order valence-corrected chi connectivity index (χ1v) is 15.7. The fourth-order valence-corrected chi connectivity index (χ4v) is 9.01. The summed E-state index contributed by atoms with van der Waals surface area (Å²) in [6.45, 7) is 7.95. The largest absolute Gasteiger partial charge is 0.509 e. The lowest BCUT2D eigenvalue weighted by atomic mass is 9.44. The van der Waals surface area contributed by atoms with Gasteiger partial charge in [0.2, 0.25) is 5.60 Å². The van der Waals surface area contributed by atoms with E-state index in [-0.39, 0.29) is 29.7 Å². The van der Waals surface area contributed by atoms with E-state index < -0.39 is 99.8 Å². The maximum absolute atomic E-state index is 15.3. The van der Waals surface area contributed by atoms with Crippen LogP contribution in [0.5, 0.6) is 0 Å². The van der Waals surface area contributed by atoms with Gasteiger partial charge in [0.05, 0.1) is 23.5 Å². The molecule has 15 heteroatoms. The first-order chi connectivity index (χ1) is 22.4. The average Bonchev–Trinajstić information content (AvgIpc) is 3.37.